The highest BCUT2D eigenvalue weighted by Gasteiger charge is 2.21. The molecule has 0 saturated carbocycles. The summed E-state index contributed by atoms with van der Waals surface area (Å²) in [5.41, 5.74) is 2.42. The molecule has 5 rings (SSSR count). The van der Waals surface area contributed by atoms with E-state index < -0.39 is 0 Å². The number of amides is 1. The van der Waals surface area contributed by atoms with E-state index in [4.69, 9.17) is 4.37 Å². The number of fused-ring (bicyclic) bond motifs is 1. The molecule has 1 aliphatic heterocycles. The average Bonchev–Trinajstić information content (AvgIpc) is 3.29. The maximum absolute atomic E-state index is 12.5. The highest BCUT2D eigenvalue weighted by Crippen LogP contribution is 2.29. The molecule has 0 aliphatic carbocycles. The van der Waals surface area contributed by atoms with E-state index >= 15 is 0 Å². The second kappa shape index (κ2) is 9.46. The Morgan fingerprint density at radius 2 is 1.72 bits per heavy atom. The summed E-state index contributed by atoms with van der Waals surface area (Å²) in [6.07, 6.45) is 2.52. The van der Waals surface area contributed by atoms with Gasteiger partial charge in [-0.3, -0.25) is 14.7 Å². The fourth-order valence-corrected chi connectivity index (χ4v) is 4.90. The van der Waals surface area contributed by atoms with Crippen LogP contribution in [-0.2, 0) is 6.42 Å². The summed E-state index contributed by atoms with van der Waals surface area (Å²) in [6, 6.07) is 21.8. The lowest BCUT2D eigenvalue weighted by atomic mass is 10.1. The van der Waals surface area contributed by atoms with E-state index in [1.807, 2.05) is 24.3 Å². The normalized spacial score (nSPS) is 14.6. The van der Waals surface area contributed by atoms with Gasteiger partial charge in [-0.05, 0) is 53.8 Å². The number of aromatic nitrogens is 2. The minimum Gasteiger partial charge on any atom is -0.353 e. The zero-order valence-electron chi connectivity index (χ0n) is 17.8. The number of nitrogens with one attached hydrogen (secondary N) is 1. The molecule has 2 aromatic heterocycles. The molecule has 0 atom stereocenters. The maximum atomic E-state index is 12.5. The number of benzene rings is 2. The van der Waals surface area contributed by atoms with E-state index in [2.05, 4.69) is 50.4 Å². The van der Waals surface area contributed by atoms with Crippen LogP contribution in [-0.4, -0.2) is 52.9 Å². The zero-order valence-corrected chi connectivity index (χ0v) is 18.6. The van der Waals surface area contributed by atoms with Gasteiger partial charge in [0.05, 0.1) is 4.70 Å². The monoisotopic (exact) mass is 443 g/mol. The van der Waals surface area contributed by atoms with Gasteiger partial charge >= 0.3 is 0 Å². The van der Waals surface area contributed by atoms with E-state index in [9.17, 15) is 4.79 Å². The Labute approximate surface area is 191 Å². The maximum Gasteiger partial charge on any atom is 0.274 e. The van der Waals surface area contributed by atoms with Crippen molar-refractivity contribution in [3.8, 4) is 0 Å². The minimum absolute atomic E-state index is 0.179. The second-order valence-corrected chi connectivity index (χ2v) is 8.71. The van der Waals surface area contributed by atoms with Crippen molar-refractivity contribution >= 4 is 39.0 Å². The number of rotatable bonds is 6. The molecule has 2 aromatic carbocycles. The molecule has 32 heavy (non-hydrogen) atoms. The Bertz CT molecular complexity index is 1200. The third-order valence-corrected chi connectivity index (χ3v) is 6.71. The molecule has 0 radical (unpaired) electrons. The summed E-state index contributed by atoms with van der Waals surface area (Å²) >= 11 is 1.58. The summed E-state index contributed by atoms with van der Waals surface area (Å²) in [6.45, 7) is 4.93. The van der Waals surface area contributed by atoms with Gasteiger partial charge in [-0.2, -0.15) is 4.37 Å². The summed E-state index contributed by atoms with van der Waals surface area (Å²) in [7, 11) is 0. The SMILES string of the molecule is O=C(Nc1ccccc1CCN1CCN(c2nsc3ccccc23)CC1)c1ccccn1. The molecule has 1 fully saturated rings. The number of piperazine rings is 1. The molecule has 162 valence electrons. The van der Waals surface area contributed by atoms with Gasteiger partial charge in [0.2, 0.25) is 0 Å². The van der Waals surface area contributed by atoms with E-state index in [1.165, 1.54) is 10.1 Å². The minimum atomic E-state index is -0.179. The Hall–Kier alpha value is -3.29. The first-order valence-electron chi connectivity index (χ1n) is 10.9. The van der Waals surface area contributed by atoms with Crippen molar-refractivity contribution in [3.63, 3.8) is 0 Å². The van der Waals surface area contributed by atoms with Crippen molar-refractivity contribution < 1.29 is 4.79 Å². The van der Waals surface area contributed by atoms with Crippen LogP contribution in [0.1, 0.15) is 16.1 Å². The molecule has 3 heterocycles. The van der Waals surface area contributed by atoms with Gasteiger partial charge in [-0.1, -0.05) is 36.4 Å². The van der Waals surface area contributed by atoms with E-state index in [-0.39, 0.29) is 5.91 Å². The van der Waals surface area contributed by atoms with Gasteiger partial charge in [0.1, 0.15) is 11.5 Å². The highest BCUT2D eigenvalue weighted by atomic mass is 32.1. The molecule has 1 saturated heterocycles. The zero-order chi connectivity index (χ0) is 21.8. The molecular formula is C25H25N5OS. The smallest absolute Gasteiger partial charge is 0.274 e. The van der Waals surface area contributed by atoms with Gasteiger partial charge < -0.3 is 10.2 Å². The van der Waals surface area contributed by atoms with Gasteiger partial charge in [0, 0.05) is 50.0 Å². The van der Waals surface area contributed by atoms with E-state index in [1.54, 1.807) is 29.9 Å². The summed E-state index contributed by atoms with van der Waals surface area (Å²) in [5.74, 6) is 0.940. The van der Waals surface area contributed by atoms with Crippen molar-refractivity contribution in [2.45, 2.75) is 6.42 Å². The van der Waals surface area contributed by atoms with Crippen LogP contribution in [0.25, 0.3) is 10.1 Å². The number of carbonyl (C=O) groups is 1. The quantitative estimate of drug-likeness (QED) is 0.481. The van der Waals surface area contributed by atoms with E-state index in [0.29, 0.717) is 5.69 Å². The Morgan fingerprint density at radius 1 is 0.938 bits per heavy atom. The number of carbonyl (C=O) groups excluding carboxylic acids is 1. The van der Waals surface area contributed by atoms with Crippen LogP contribution in [0.15, 0.2) is 72.9 Å². The topological polar surface area (TPSA) is 61.4 Å². The van der Waals surface area contributed by atoms with Crippen LogP contribution in [0.4, 0.5) is 11.5 Å². The molecule has 1 N–H and O–H groups in total. The molecule has 1 aliphatic rings. The third kappa shape index (κ3) is 4.49. The lowest BCUT2D eigenvalue weighted by molar-refractivity contribution is 0.102. The lowest BCUT2D eigenvalue weighted by Crippen LogP contribution is -2.47. The fourth-order valence-electron chi connectivity index (χ4n) is 4.11. The van der Waals surface area contributed by atoms with E-state index in [0.717, 1.165) is 56.2 Å². The predicted molar refractivity (Wildman–Crippen MR) is 131 cm³/mol. The number of hydrogen-bond donors (Lipinski definition) is 1. The molecule has 7 heteroatoms. The largest absolute Gasteiger partial charge is 0.353 e. The van der Waals surface area contributed by atoms with Crippen molar-refractivity contribution in [2.75, 3.05) is 42.9 Å². The average molecular weight is 444 g/mol. The molecule has 0 spiro atoms. The van der Waals surface area contributed by atoms with Crippen molar-refractivity contribution in [2.24, 2.45) is 0 Å². The van der Waals surface area contributed by atoms with Crippen LogP contribution in [0.5, 0.6) is 0 Å². The van der Waals surface area contributed by atoms with Crippen molar-refractivity contribution in [1.82, 2.24) is 14.3 Å². The van der Waals surface area contributed by atoms with Crippen LogP contribution in [0.2, 0.25) is 0 Å². The van der Waals surface area contributed by atoms with Crippen LogP contribution < -0.4 is 10.2 Å². The number of para-hydroxylation sites is 1. The number of nitrogens with zero attached hydrogens (tertiary/aromatic N) is 4. The van der Waals surface area contributed by atoms with Gasteiger partial charge in [0.15, 0.2) is 0 Å². The Balaban J connectivity index is 1.18. The van der Waals surface area contributed by atoms with Gasteiger partial charge in [0.25, 0.3) is 5.91 Å². The molecule has 4 aromatic rings. The summed E-state index contributed by atoms with van der Waals surface area (Å²) in [4.78, 5) is 21.5. The highest BCUT2D eigenvalue weighted by molar-refractivity contribution is 7.13. The Kier molecular flexibility index (Phi) is 6.09. The van der Waals surface area contributed by atoms with Crippen molar-refractivity contribution in [3.05, 3.63) is 84.2 Å². The molecule has 1 amide bonds. The van der Waals surface area contributed by atoms with Crippen LogP contribution in [0.3, 0.4) is 0 Å². The van der Waals surface area contributed by atoms with Crippen LogP contribution in [0, 0.1) is 0 Å². The number of pyridine rings is 1. The molecule has 0 bridgehead atoms. The van der Waals surface area contributed by atoms with Crippen molar-refractivity contribution in [1.29, 1.82) is 0 Å². The number of anilines is 2. The predicted octanol–water partition coefficient (Wildman–Crippen LogP) is 4.31. The first kappa shape index (κ1) is 20.6. The fraction of sp³-hybridized carbons (Fsp3) is 0.240. The third-order valence-electron chi connectivity index (χ3n) is 5.89. The molecular weight excluding hydrogens is 418 g/mol. The van der Waals surface area contributed by atoms with Gasteiger partial charge in [-0.15, -0.1) is 0 Å². The van der Waals surface area contributed by atoms with Crippen LogP contribution >= 0.6 is 11.5 Å². The first-order chi connectivity index (χ1) is 15.8. The molecule has 0 unspecified atom stereocenters. The standard InChI is InChI=1S/C25H25N5OS/c31-25(22-10-5-6-13-26-22)27-21-9-3-1-7-19(21)12-14-29-15-17-30(18-16-29)24-20-8-2-4-11-23(20)32-28-24/h1-11,13H,12,14-18H2,(H,27,31). The Morgan fingerprint density at radius 3 is 2.56 bits per heavy atom. The second-order valence-electron chi connectivity index (χ2n) is 7.91. The summed E-state index contributed by atoms with van der Waals surface area (Å²) < 4.78 is 5.95. The first-order valence-corrected chi connectivity index (χ1v) is 11.7. The lowest BCUT2D eigenvalue weighted by Gasteiger charge is -2.35. The molecule has 6 nitrogen and oxygen atoms in total. The van der Waals surface area contributed by atoms with Gasteiger partial charge in [-0.25, -0.2) is 0 Å². The summed E-state index contributed by atoms with van der Waals surface area (Å²) in [5, 5.41) is 4.28. The number of hydrogen-bond acceptors (Lipinski definition) is 6.